The van der Waals surface area contributed by atoms with Crippen molar-refractivity contribution in [2.45, 2.75) is 0 Å². The number of rotatable bonds is 3. The van der Waals surface area contributed by atoms with Gasteiger partial charge in [-0.3, -0.25) is 5.43 Å². The molecule has 0 fully saturated rings. The summed E-state index contributed by atoms with van der Waals surface area (Å²) in [4.78, 5) is 4.51. The highest BCUT2D eigenvalue weighted by molar-refractivity contribution is 9.10. The monoisotopic (exact) mass is 384 g/mol. The topological polar surface area (TPSA) is 49.3 Å². The Morgan fingerprint density at radius 3 is 2.65 bits per heavy atom. The quantitative estimate of drug-likeness (QED) is 0.401. The number of aromatic nitrogens is 1. The van der Waals surface area contributed by atoms with Crippen molar-refractivity contribution in [2.24, 2.45) is 5.10 Å². The van der Waals surface area contributed by atoms with Crippen LogP contribution in [0.25, 0.3) is 10.9 Å². The maximum Gasteiger partial charge on any atom is 0.191 e. The van der Waals surface area contributed by atoms with Crippen LogP contribution in [0.3, 0.4) is 0 Å². The van der Waals surface area contributed by atoms with Gasteiger partial charge in [-0.05, 0) is 48.6 Å². The maximum atomic E-state index is 5.19. The molecule has 0 saturated heterocycles. The van der Waals surface area contributed by atoms with Crippen molar-refractivity contribution >= 4 is 56.1 Å². The molecular weight excluding hydrogens is 372 g/mol. The molecule has 3 aromatic rings. The fourth-order valence-electron chi connectivity index (χ4n) is 2.00. The van der Waals surface area contributed by atoms with Crippen molar-refractivity contribution in [3.05, 3.63) is 70.8 Å². The Bertz CT molecular complexity index is 862. The Balaban J connectivity index is 1.60. The van der Waals surface area contributed by atoms with Crippen molar-refractivity contribution in [2.75, 3.05) is 5.32 Å². The van der Waals surface area contributed by atoms with Crippen molar-refractivity contribution in [1.29, 1.82) is 0 Å². The third kappa shape index (κ3) is 4.34. The van der Waals surface area contributed by atoms with Gasteiger partial charge in [0.2, 0.25) is 0 Å². The first kappa shape index (κ1) is 15.6. The Kier molecular flexibility index (Phi) is 4.95. The van der Waals surface area contributed by atoms with E-state index in [1.54, 1.807) is 6.21 Å². The minimum Gasteiger partial charge on any atom is -0.331 e. The van der Waals surface area contributed by atoms with Gasteiger partial charge in [0.05, 0.1) is 17.4 Å². The van der Waals surface area contributed by atoms with Crippen LogP contribution in [0.4, 0.5) is 5.69 Å². The van der Waals surface area contributed by atoms with E-state index in [0.717, 1.165) is 26.8 Å². The van der Waals surface area contributed by atoms with Crippen molar-refractivity contribution < 1.29 is 0 Å². The first-order chi connectivity index (χ1) is 11.2. The number of hydrogen-bond donors (Lipinski definition) is 2. The zero-order valence-electron chi connectivity index (χ0n) is 12.0. The van der Waals surface area contributed by atoms with Gasteiger partial charge in [0.15, 0.2) is 5.11 Å². The molecule has 0 saturated carbocycles. The average Bonchev–Trinajstić information content (AvgIpc) is 2.57. The fraction of sp³-hybridized carbons (Fsp3) is 0. The predicted octanol–water partition coefficient (Wildman–Crippen LogP) is 4.32. The van der Waals surface area contributed by atoms with Gasteiger partial charge in [0.25, 0.3) is 0 Å². The molecule has 1 heterocycles. The molecule has 6 heteroatoms. The Morgan fingerprint density at radius 1 is 1.04 bits per heavy atom. The lowest BCUT2D eigenvalue weighted by Crippen LogP contribution is -2.23. The number of thiocarbonyl (C=S) groups is 1. The molecule has 0 aliphatic heterocycles. The van der Waals surface area contributed by atoms with E-state index in [1.807, 2.05) is 60.7 Å². The number of anilines is 1. The molecule has 23 heavy (non-hydrogen) atoms. The second-order valence-electron chi connectivity index (χ2n) is 4.76. The highest BCUT2D eigenvalue weighted by atomic mass is 79.9. The number of fused-ring (bicyclic) bond motifs is 1. The van der Waals surface area contributed by atoms with Crippen LogP contribution < -0.4 is 10.7 Å². The number of pyridine rings is 1. The van der Waals surface area contributed by atoms with Crippen LogP contribution in [-0.4, -0.2) is 16.3 Å². The number of hydrazone groups is 1. The normalized spacial score (nSPS) is 10.8. The van der Waals surface area contributed by atoms with Crippen molar-refractivity contribution in [3.63, 3.8) is 0 Å². The Labute approximate surface area is 147 Å². The lowest BCUT2D eigenvalue weighted by Gasteiger charge is -2.06. The van der Waals surface area contributed by atoms with E-state index >= 15 is 0 Å². The van der Waals surface area contributed by atoms with Crippen LogP contribution in [0.15, 0.2) is 70.2 Å². The summed E-state index contributed by atoms with van der Waals surface area (Å²) in [6, 6.07) is 19.6. The third-order valence-corrected chi connectivity index (χ3v) is 3.81. The second kappa shape index (κ2) is 7.30. The standard InChI is InChI=1S/C17H13BrN4S/c18-13-6-9-14(10-7-13)21-17(23)22-19-11-15-8-5-12-3-1-2-4-16(12)20-15/h1-11H,(H2,21,22,23)/b19-11+. The third-order valence-electron chi connectivity index (χ3n) is 3.08. The minimum absolute atomic E-state index is 0.421. The number of para-hydroxylation sites is 1. The highest BCUT2D eigenvalue weighted by Crippen LogP contribution is 2.14. The van der Waals surface area contributed by atoms with Crippen molar-refractivity contribution in [3.8, 4) is 0 Å². The molecule has 0 bridgehead atoms. The number of halogens is 1. The summed E-state index contributed by atoms with van der Waals surface area (Å²) in [6.07, 6.45) is 1.64. The first-order valence-electron chi connectivity index (χ1n) is 6.92. The van der Waals surface area contributed by atoms with E-state index < -0.39 is 0 Å². The predicted molar refractivity (Wildman–Crippen MR) is 103 cm³/mol. The molecule has 0 amide bonds. The molecule has 0 aliphatic rings. The largest absolute Gasteiger partial charge is 0.331 e. The summed E-state index contributed by atoms with van der Waals surface area (Å²) >= 11 is 8.58. The summed E-state index contributed by atoms with van der Waals surface area (Å²) in [5.41, 5.74) is 5.38. The van der Waals surface area contributed by atoms with E-state index in [2.05, 4.69) is 36.8 Å². The molecule has 0 aliphatic carbocycles. The maximum absolute atomic E-state index is 5.19. The van der Waals surface area contributed by atoms with Crippen LogP contribution in [0.5, 0.6) is 0 Å². The molecular formula is C17H13BrN4S. The van der Waals surface area contributed by atoms with E-state index in [1.165, 1.54) is 0 Å². The van der Waals surface area contributed by atoms with Gasteiger partial charge in [-0.1, -0.05) is 40.2 Å². The molecule has 0 unspecified atom stereocenters. The van der Waals surface area contributed by atoms with Gasteiger partial charge in [0, 0.05) is 15.5 Å². The van der Waals surface area contributed by atoms with Gasteiger partial charge in [-0.2, -0.15) is 5.10 Å². The minimum atomic E-state index is 0.421. The molecule has 4 nitrogen and oxygen atoms in total. The zero-order valence-corrected chi connectivity index (χ0v) is 14.4. The molecule has 2 N–H and O–H groups in total. The molecule has 0 radical (unpaired) electrons. The van der Waals surface area contributed by atoms with E-state index in [4.69, 9.17) is 12.2 Å². The highest BCUT2D eigenvalue weighted by Gasteiger charge is 1.97. The van der Waals surface area contributed by atoms with Crippen LogP contribution in [0, 0.1) is 0 Å². The molecule has 0 spiro atoms. The number of nitrogens with one attached hydrogen (secondary N) is 2. The Morgan fingerprint density at radius 2 is 1.83 bits per heavy atom. The molecule has 114 valence electrons. The van der Waals surface area contributed by atoms with Gasteiger partial charge in [-0.25, -0.2) is 4.98 Å². The van der Waals surface area contributed by atoms with Gasteiger partial charge in [0.1, 0.15) is 0 Å². The smallest absolute Gasteiger partial charge is 0.191 e. The molecule has 1 aromatic heterocycles. The summed E-state index contributed by atoms with van der Waals surface area (Å²) in [6.45, 7) is 0. The number of nitrogens with zero attached hydrogens (tertiary/aromatic N) is 2. The first-order valence-corrected chi connectivity index (χ1v) is 8.12. The van der Waals surface area contributed by atoms with Gasteiger partial charge < -0.3 is 5.32 Å². The van der Waals surface area contributed by atoms with E-state index in [0.29, 0.717) is 5.11 Å². The number of hydrogen-bond acceptors (Lipinski definition) is 3. The van der Waals surface area contributed by atoms with Gasteiger partial charge in [-0.15, -0.1) is 0 Å². The van der Waals surface area contributed by atoms with Gasteiger partial charge >= 0.3 is 0 Å². The van der Waals surface area contributed by atoms with Crippen molar-refractivity contribution in [1.82, 2.24) is 10.4 Å². The molecule has 3 rings (SSSR count). The van der Waals surface area contributed by atoms with E-state index in [9.17, 15) is 0 Å². The lowest BCUT2D eigenvalue weighted by molar-refractivity contribution is 1.05. The van der Waals surface area contributed by atoms with E-state index in [-0.39, 0.29) is 0 Å². The SMILES string of the molecule is S=C(N/N=C/c1ccc2ccccc2n1)Nc1ccc(Br)cc1. The number of benzene rings is 2. The molecule has 0 atom stereocenters. The van der Waals surface area contributed by atoms with Crippen LogP contribution in [-0.2, 0) is 0 Å². The average molecular weight is 385 g/mol. The van der Waals surface area contributed by atoms with Crippen LogP contribution in [0.1, 0.15) is 5.69 Å². The Hall–Kier alpha value is -2.31. The van der Waals surface area contributed by atoms with Crippen LogP contribution in [0.2, 0.25) is 0 Å². The molecule has 2 aromatic carbocycles. The summed E-state index contributed by atoms with van der Waals surface area (Å²) in [5.74, 6) is 0. The summed E-state index contributed by atoms with van der Waals surface area (Å²) in [7, 11) is 0. The van der Waals surface area contributed by atoms with Crippen LogP contribution >= 0.6 is 28.1 Å². The summed E-state index contributed by atoms with van der Waals surface area (Å²) in [5, 5.41) is 8.68. The lowest BCUT2D eigenvalue weighted by atomic mass is 10.2. The summed E-state index contributed by atoms with van der Waals surface area (Å²) < 4.78 is 1.02. The fourth-order valence-corrected chi connectivity index (χ4v) is 2.44. The zero-order chi connectivity index (χ0) is 16.1. The second-order valence-corrected chi connectivity index (χ2v) is 6.08.